The van der Waals surface area contributed by atoms with Crippen LogP contribution in [0.5, 0.6) is 11.5 Å². The number of nitrogens with zero attached hydrogens (tertiary/aromatic N) is 3. The number of piperidine rings is 1. The summed E-state index contributed by atoms with van der Waals surface area (Å²) >= 11 is 0. The molecule has 1 fully saturated rings. The number of fused-ring (bicyclic) bond motifs is 1. The fourth-order valence-electron chi connectivity index (χ4n) is 5.10. The summed E-state index contributed by atoms with van der Waals surface area (Å²) < 4.78 is 25.4. The molecule has 1 aliphatic rings. The number of esters is 1. The molecule has 2 aromatic heterocycles. The summed E-state index contributed by atoms with van der Waals surface area (Å²) in [6, 6.07) is 14.6. The Bertz CT molecular complexity index is 1360. The lowest BCUT2D eigenvalue weighted by atomic mass is 10.0. The lowest BCUT2D eigenvalue weighted by molar-refractivity contribution is -0.139. The molecule has 206 valence electrons. The van der Waals surface area contributed by atoms with Gasteiger partial charge in [0.1, 0.15) is 22.7 Å². The molecule has 0 saturated carbocycles. The molecule has 0 spiro atoms. The molecule has 0 unspecified atom stereocenters. The molecule has 9 heteroatoms. The number of rotatable bonds is 11. The molecule has 1 saturated heterocycles. The smallest absolute Gasteiger partial charge is 0.309 e. The van der Waals surface area contributed by atoms with Crippen LogP contribution in [0, 0.1) is 0 Å². The van der Waals surface area contributed by atoms with Gasteiger partial charge in [-0.25, -0.2) is 0 Å². The van der Waals surface area contributed by atoms with Gasteiger partial charge in [0.2, 0.25) is 0 Å². The van der Waals surface area contributed by atoms with E-state index in [1.54, 1.807) is 0 Å². The number of nitrogens with one attached hydrogen (secondary N) is 1. The largest absolute Gasteiger partial charge is 0.492 e. The van der Waals surface area contributed by atoms with E-state index in [9.17, 15) is 4.79 Å². The van der Waals surface area contributed by atoms with Crippen LogP contribution in [0.25, 0.3) is 16.8 Å². The molecule has 9 nitrogen and oxygen atoms in total. The van der Waals surface area contributed by atoms with E-state index in [4.69, 9.17) is 23.6 Å². The molecule has 0 atom stereocenters. The van der Waals surface area contributed by atoms with Crippen molar-refractivity contribution in [2.24, 2.45) is 0 Å². The number of carbonyl (C=O) groups is 1. The zero-order valence-corrected chi connectivity index (χ0v) is 22.8. The minimum atomic E-state index is -0.284. The van der Waals surface area contributed by atoms with Crippen LogP contribution in [0.4, 0.5) is 6.01 Å². The maximum atomic E-state index is 11.8. The highest BCUT2D eigenvalue weighted by Gasteiger charge is 2.27. The van der Waals surface area contributed by atoms with Gasteiger partial charge in [-0.3, -0.25) is 4.79 Å². The van der Waals surface area contributed by atoms with Gasteiger partial charge in [-0.15, -0.1) is 0 Å². The van der Waals surface area contributed by atoms with E-state index < -0.39 is 0 Å². The molecule has 1 aliphatic heterocycles. The second-order valence-electron chi connectivity index (χ2n) is 9.56. The monoisotopic (exact) mass is 532 g/mol. The highest BCUT2D eigenvalue weighted by atomic mass is 16.5. The van der Waals surface area contributed by atoms with Crippen molar-refractivity contribution < 1.29 is 23.4 Å². The van der Waals surface area contributed by atoms with Gasteiger partial charge in [-0.1, -0.05) is 6.07 Å². The number of benzene rings is 2. The van der Waals surface area contributed by atoms with Crippen LogP contribution >= 0.6 is 0 Å². The standard InChI is InChI=1S/C30H36N4O5/c1-4-37-26-17-22(18-27(38-5-2)29(26)33-14-6-7-15-33)20-34(23-10-12-31-13-11-23)30-32-24-16-21(19-28(35)36-3)8-9-25(24)39-30/h6-9,14-18,23,31H,4-5,10-13,19-20H2,1-3H3. The van der Waals surface area contributed by atoms with Crippen molar-refractivity contribution in [3.05, 3.63) is 66.0 Å². The first-order chi connectivity index (χ1) is 19.1. The zero-order valence-electron chi connectivity index (χ0n) is 22.8. The molecule has 0 aliphatic carbocycles. The fourth-order valence-corrected chi connectivity index (χ4v) is 5.10. The Kier molecular flexibility index (Phi) is 8.36. The third kappa shape index (κ3) is 6.04. The van der Waals surface area contributed by atoms with Crippen LogP contribution in [-0.2, 0) is 22.5 Å². The highest BCUT2D eigenvalue weighted by Crippen LogP contribution is 2.37. The molecule has 39 heavy (non-hydrogen) atoms. The highest BCUT2D eigenvalue weighted by molar-refractivity contribution is 5.78. The van der Waals surface area contributed by atoms with Crippen molar-refractivity contribution in [3.63, 3.8) is 0 Å². The maximum absolute atomic E-state index is 11.8. The molecule has 4 aromatic rings. The first kappa shape index (κ1) is 26.6. The van der Waals surface area contributed by atoms with Crippen LogP contribution in [0.1, 0.15) is 37.8 Å². The van der Waals surface area contributed by atoms with Gasteiger partial charge < -0.3 is 33.4 Å². The van der Waals surface area contributed by atoms with Crippen LogP contribution in [-0.4, -0.2) is 55.0 Å². The van der Waals surface area contributed by atoms with Crippen molar-refractivity contribution in [3.8, 4) is 17.2 Å². The summed E-state index contributed by atoms with van der Waals surface area (Å²) in [5, 5.41) is 3.45. The lowest BCUT2D eigenvalue weighted by Gasteiger charge is -2.34. The van der Waals surface area contributed by atoms with E-state index >= 15 is 0 Å². The average molecular weight is 533 g/mol. The van der Waals surface area contributed by atoms with Gasteiger partial charge in [-0.05, 0) is 87.3 Å². The number of methoxy groups -OCH3 is 1. The summed E-state index contributed by atoms with van der Waals surface area (Å²) in [4.78, 5) is 18.9. The quantitative estimate of drug-likeness (QED) is 0.273. The Hall–Kier alpha value is -3.98. The Labute approximate surface area is 228 Å². The first-order valence-corrected chi connectivity index (χ1v) is 13.6. The van der Waals surface area contributed by atoms with Gasteiger partial charge in [0.05, 0.1) is 26.7 Å². The summed E-state index contributed by atoms with van der Waals surface area (Å²) in [7, 11) is 1.39. The number of ether oxygens (including phenoxy) is 3. The van der Waals surface area contributed by atoms with E-state index in [2.05, 4.69) is 22.3 Å². The molecule has 0 amide bonds. The number of aromatic nitrogens is 2. The second kappa shape index (κ2) is 12.3. The zero-order chi connectivity index (χ0) is 27.2. The predicted octanol–water partition coefficient (Wildman–Crippen LogP) is 4.89. The van der Waals surface area contributed by atoms with Crippen LogP contribution in [0.15, 0.2) is 59.3 Å². The Morgan fingerprint density at radius 1 is 1.05 bits per heavy atom. The minimum absolute atomic E-state index is 0.195. The summed E-state index contributed by atoms with van der Waals surface area (Å²) in [6.45, 7) is 7.51. The van der Waals surface area contributed by atoms with E-state index in [-0.39, 0.29) is 18.4 Å². The molecule has 2 aromatic carbocycles. The first-order valence-electron chi connectivity index (χ1n) is 13.6. The second-order valence-corrected chi connectivity index (χ2v) is 9.56. The van der Waals surface area contributed by atoms with E-state index in [1.165, 1.54) is 7.11 Å². The average Bonchev–Trinajstić information content (AvgIpc) is 3.62. The predicted molar refractivity (Wildman–Crippen MR) is 150 cm³/mol. The van der Waals surface area contributed by atoms with Crippen molar-refractivity contribution in [1.29, 1.82) is 0 Å². The van der Waals surface area contributed by atoms with Gasteiger partial charge in [0.25, 0.3) is 6.01 Å². The minimum Gasteiger partial charge on any atom is -0.492 e. The van der Waals surface area contributed by atoms with Crippen molar-refractivity contribution in [2.75, 3.05) is 38.3 Å². The third-order valence-corrected chi connectivity index (χ3v) is 6.93. The molecule has 5 rings (SSSR count). The fraction of sp³-hybridized carbons (Fsp3) is 0.400. The summed E-state index contributed by atoms with van der Waals surface area (Å²) in [5.74, 6) is 1.25. The number of hydrogen-bond acceptors (Lipinski definition) is 8. The Balaban J connectivity index is 1.53. The van der Waals surface area contributed by atoms with E-state index in [0.29, 0.717) is 31.4 Å². The lowest BCUT2D eigenvalue weighted by Crippen LogP contribution is -2.43. The molecular formula is C30H36N4O5. The van der Waals surface area contributed by atoms with Gasteiger partial charge in [-0.2, -0.15) is 4.98 Å². The van der Waals surface area contributed by atoms with Crippen molar-refractivity contribution in [1.82, 2.24) is 14.9 Å². The molecule has 0 radical (unpaired) electrons. The molecular weight excluding hydrogens is 496 g/mol. The van der Waals surface area contributed by atoms with Crippen LogP contribution in [0.3, 0.4) is 0 Å². The van der Waals surface area contributed by atoms with Crippen molar-refractivity contribution in [2.45, 2.75) is 45.7 Å². The third-order valence-electron chi connectivity index (χ3n) is 6.93. The van der Waals surface area contributed by atoms with E-state index in [0.717, 1.165) is 59.8 Å². The number of carbonyl (C=O) groups excluding carboxylic acids is 1. The van der Waals surface area contributed by atoms with Gasteiger partial charge in [0.15, 0.2) is 5.58 Å². The molecule has 3 heterocycles. The Morgan fingerprint density at radius 2 is 1.74 bits per heavy atom. The van der Waals surface area contributed by atoms with Crippen LogP contribution in [0.2, 0.25) is 0 Å². The summed E-state index contributed by atoms with van der Waals surface area (Å²) in [5.41, 5.74) is 4.18. The van der Waals surface area contributed by atoms with Crippen molar-refractivity contribution >= 4 is 23.1 Å². The molecule has 0 bridgehead atoms. The SMILES string of the molecule is CCOc1cc(CN(c2nc3cc(CC(=O)OC)ccc3o2)C2CCNCC2)cc(OCC)c1-n1cccc1. The summed E-state index contributed by atoms with van der Waals surface area (Å²) in [6.07, 6.45) is 6.14. The van der Waals surface area contributed by atoms with E-state index in [1.807, 2.05) is 61.1 Å². The Morgan fingerprint density at radius 3 is 2.38 bits per heavy atom. The van der Waals surface area contributed by atoms with Crippen LogP contribution < -0.4 is 19.7 Å². The number of hydrogen-bond donors (Lipinski definition) is 1. The topological polar surface area (TPSA) is 91.0 Å². The van der Waals surface area contributed by atoms with Gasteiger partial charge >= 0.3 is 5.97 Å². The number of oxazole rings is 1. The normalized spacial score (nSPS) is 13.9. The maximum Gasteiger partial charge on any atom is 0.309 e. The van der Waals surface area contributed by atoms with Gasteiger partial charge in [0, 0.05) is 25.0 Å². The number of anilines is 1. The molecule has 1 N–H and O–H groups in total.